The molecule has 0 amide bonds. The van der Waals surface area contributed by atoms with Crippen molar-refractivity contribution < 1.29 is 0 Å². The van der Waals surface area contributed by atoms with E-state index >= 15 is 0 Å². The second-order valence-electron chi connectivity index (χ2n) is 7.85. The Hall–Kier alpha value is -0.930. The summed E-state index contributed by atoms with van der Waals surface area (Å²) in [6, 6.07) is 6.88. The van der Waals surface area contributed by atoms with E-state index in [0.29, 0.717) is 6.04 Å². The number of hydrogen-bond acceptors (Lipinski definition) is 3. The molecule has 2 heterocycles. The zero-order valence-electron chi connectivity index (χ0n) is 14.5. The van der Waals surface area contributed by atoms with E-state index in [1.807, 2.05) is 0 Å². The monoisotopic (exact) mass is 289 g/mol. The second-order valence-corrected chi connectivity index (χ2v) is 7.85. The van der Waals surface area contributed by atoms with Crippen LogP contribution >= 0.6 is 0 Å². The van der Waals surface area contributed by atoms with E-state index in [0.717, 1.165) is 31.7 Å². The summed E-state index contributed by atoms with van der Waals surface area (Å²) < 4.78 is 0. The zero-order valence-corrected chi connectivity index (χ0v) is 14.5. The maximum Gasteiger partial charge on any atom is 0.0547 e. The van der Waals surface area contributed by atoms with Crippen molar-refractivity contribution in [1.82, 2.24) is 15.2 Å². The molecular formula is C18H31N3. The number of aromatic nitrogens is 1. The van der Waals surface area contributed by atoms with Gasteiger partial charge in [-0.15, -0.1) is 0 Å². The van der Waals surface area contributed by atoms with Gasteiger partial charge in [0, 0.05) is 36.9 Å². The van der Waals surface area contributed by atoms with Crippen LogP contribution in [0.2, 0.25) is 0 Å². The van der Waals surface area contributed by atoms with Crippen LogP contribution in [0.4, 0.5) is 0 Å². The Morgan fingerprint density at radius 3 is 2.67 bits per heavy atom. The van der Waals surface area contributed by atoms with Crippen LogP contribution in [0.3, 0.4) is 0 Å². The first-order valence-electron chi connectivity index (χ1n) is 8.15. The van der Waals surface area contributed by atoms with Gasteiger partial charge in [-0.3, -0.25) is 9.88 Å². The van der Waals surface area contributed by atoms with Gasteiger partial charge in [0.15, 0.2) is 0 Å². The predicted octanol–water partition coefficient (Wildman–Crippen LogP) is 3.38. The molecule has 1 aliphatic heterocycles. The quantitative estimate of drug-likeness (QED) is 0.924. The molecule has 1 aromatic heterocycles. The van der Waals surface area contributed by atoms with Gasteiger partial charge in [-0.1, -0.05) is 33.8 Å². The Morgan fingerprint density at radius 1 is 1.38 bits per heavy atom. The largest absolute Gasteiger partial charge is 0.309 e. The number of pyridine rings is 1. The highest BCUT2D eigenvalue weighted by atomic mass is 15.3. The molecule has 1 fully saturated rings. The number of rotatable bonds is 3. The van der Waals surface area contributed by atoms with Crippen LogP contribution in [-0.4, -0.2) is 34.6 Å². The highest BCUT2D eigenvalue weighted by molar-refractivity contribution is 5.11. The van der Waals surface area contributed by atoms with E-state index in [1.54, 1.807) is 0 Å². The van der Waals surface area contributed by atoms with Gasteiger partial charge in [0.2, 0.25) is 0 Å². The molecule has 3 heteroatoms. The van der Waals surface area contributed by atoms with Crippen molar-refractivity contribution in [3.8, 4) is 0 Å². The first-order valence-corrected chi connectivity index (χ1v) is 8.15. The Morgan fingerprint density at radius 2 is 2.10 bits per heavy atom. The van der Waals surface area contributed by atoms with Gasteiger partial charge in [0.25, 0.3) is 0 Å². The molecule has 0 spiro atoms. The fourth-order valence-electron chi connectivity index (χ4n) is 3.24. The van der Waals surface area contributed by atoms with E-state index in [4.69, 9.17) is 4.98 Å². The topological polar surface area (TPSA) is 28.2 Å². The smallest absolute Gasteiger partial charge is 0.0547 e. The summed E-state index contributed by atoms with van der Waals surface area (Å²) >= 11 is 0. The number of hydrogen-bond donors (Lipinski definition) is 1. The van der Waals surface area contributed by atoms with Crippen LogP contribution in [-0.2, 0) is 6.54 Å². The molecule has 1 N–H and O–H groups in total. The van der Waals surface area contributed by atoms with Gasteiger partial charge in [0.05, 0.1) is 5.69 Å². The molecule has 3 nitrogen and oxygen atoms in total. The Labute approximate surface area is 130 Å². The summed E-state index contributed by atoms with van der Waals surface area (Å²) in [6.45, 7) is 16.8. The molecule has 21 heavy (non-hydrogen) atoms. The fraction of sp³-hybridized carbons (Fsp3) is 0.722. The van der Waals surface area contributed by atoms with Gasteiger partial charge in [-0.2, -0.15) is 0 Å². The molecule has 0 bridgehead atoms. The fourth-order valence-corrected chi connectivity index (χ4v) is 3.24. The molecule has 0 aliphatic carbocycles. The lowest BCUT2D eigenvalue weighted by atomic mass is 9.81. The highest BCUT2D eigenvalue weighted by Gasteiger charge is 2.39. The van der Waals surface area contributed by atoms with Gasteiger partial charge in [-0.25, -0.2) is 0 Å². The number of nitrogens with zero attached hydrogens (tertiary/aromatic N) is 2. The SMILES string of the molecule is CCC1(C)CN(Cc2cccc(C)n2)C(C(C)(C)C)CN1. The highest BCUT2D eigenvalue weighted by Crippen LogP contribution is 2.30. The normalized spacial score (nSPS) is 27.8. The lowest BCUT2D eigenvalue weighted by Gasteiger charge is -2.50. The van der Waals surface area contributed by atoms with Crippen LogP contribution in [0, 0.1) is 12.3 Å². The third-order valence-corrected chi connectivity index (χ3v) is 4.81. The minimum Gasteiger partial charge on any atom is -0.309 e. The van der Waals surface area contributed by atoms with Crippen LogP contribution < -0.4 is 5.32 Å². The lowest BCUT2D eigenvalue weighted by molar-refractivity contribution is 0.0196. The van der Waals surface area contributed by atoms with Crippen LogP contribution in [0.5, 0.6) is 0 Å². The summed E-state index contributed by atoms with van der Waals surface area (Å²) in [5.41, 5.74) is 2.77. The number of aryl methyl sites for hydroxylation is 1. The van der Waals surface area contributed by atoms with Crippen molar-refractivity contribution in [3.05, 3.63) is 29.6 Å². The van der Waals surface area contributed by atoms with Crippen molar-refractivity contribution in [3.63, 3.8) is 0 Å². The lowest BCUT2D eigenvalue weighted by Crippen LogP contribution is -2.65. The molecule has 1 aromatic rings. The number of piperazine rings is 1. The zero-order chi connectivity index (χ0) is 15.7. The van der Waals surface area contributed by atoms with Gasteiger partial charge in [-0.05, 0) is 37.8 Å². The maximum atomic E-state index is 4.70. The van der Waals surface area contributed by atoms with Crippen molar-refractivity contribution in [2.24, 2.45) is 5.41 Å². The van der Waals surface area contributed by atoms with Gasteiger partial charge >= 0.3 is 0 Å². The van der Waals surface area contributed by atoms with Crippen LogP contribution in [0.1, 0.15) is 52.4 Å². The first kappa shape index (κ1) is 16.4. The summed E-state index contributed by atoms with van der Waals surface area (Å²) in [5.74, 6) is 0. The minimum absolute atomic E-state index is 0.214. The van der Waals surface area contributed by atoms with E-state index in [9.17, 15) is 0 Å². The Balaban J connectivity index is 2.21. The van der Waals surface area contributed by atoms with E-state index in [-0.39, 0.29) is 11.0 Å². The Kier molecular flexibility index (Phi) is 4.74. The van der Waals surface area contributed by atoms with E-state index in [2.05, 4.69) is 70.0 Å². The number of nitrogens with one attached hydrogen (secondary N) is 1. The standard InChI is InChI=1S/C18H31N3/c1-7-18(6)13-21(16(11-19-18)17(3,4)5)12-15-10-8-9-14(2)20-15/h8-10,16,19H,7,11-13H2,1-6H3. The van der Waals surface area contributed by atoms with Crippen molar-refractivity contribution in [2.75, 3.05) is 13.1 Å². The third kappa shape index (κ3) is 4.04. The van der Waals surface area contributed by atoms with Crippen LogP contribution in [0.15, 0.2) is 18.2 Å². The molecule has 1 saturated heterocycles. The molecule has 0 aromatic carbocycles. The summed E-state index contributed by atoms with van der Waals surface area (Å²) in [4.78, 5) is 7.32. The molecular weight excluding hydrogens is 258 g/mol. The molecule has 118 valence electrons. The van der Waals surface area contributed by atoms with Gasteiger partial charge < -0.3 is 5.32 Å². The van der Waals surface area contributed by atoms with Crippen molar-refractivity contribution in [1.29, 1.82) is 0 Å². The molecule has 2 atom stereocenters. The third-order valence-electron chi connectivity index (χ3n) is 4.81. The predicted molar refractivity (Wildman–Crippen MR) is 89.3 cm³/mol. The molecule has 0 radical (unpaired) electrons. The average molecular weight is 289 g/mol. The van der Waals surface area contributed by atoms with Gasteiger partial charge in [0.1, 0.15) is 0 Å². The molecule has 0 saturated carbocycles. The Bertz CT molecular complexity index is 478. The van der Waals surface area contributed by atoms with E-state index in [1.165, 1.54) is 5.69 Å². The molecule has 1 aliphatic rings. The second kappa shape index (κ2) is 6.05. The average Bonchev–Trinajstić information content (AvgIpc) is 2.37. The summed E-state index contributed by atoms with van der Waals surface area (Å²) in [7, 11) is 0. The van der Waals surface area contributed by atoms with Crippen molar-refractivity contribution >= 4 is 0 Å². The van der Waals surface area contributed by atoms with Crippen LogP contribution in [0.25, 0.3) is 0 Å². The van der Waals surface area contributed by atoms with E-state index < -0.39 is 0 Å². The minimum atomic E-state index is 0.214. The molecule has 2 rings (SSSR count). The first-order chi connectivity index (χ1) is 9.73. The van der Waals surface area contributed by atoms with Crippen molar-refractivity contribution in [2.45, 2.75) is 66.1 Å². The molecule has 2 unspecified atom stereocenters. The summed E-state index contributed by atoms with van der Waals surface area (Å²) in [6.07, 6.45) is 1.15. The maximum absolute atomic E-state index is 4.70. The summed E-state index contributed by atoms with van der Waals surface area (Å²) in [5, 5.41) is 3.77.